The average molecular weight is 221 g/mol. The molecule has 1 aromatic heterocycles. The van der Waals surface area contributed by atoms with Crippen LogP contribution in [0.4, 0.5) is 0 Å². The van der Waals surface area contributed by atoms with Gasteiger partial charge in [0.1, 0.15) is 5.82 Å². The minimum Gasteiger partial charge on any atom is -0.334 e. The molecule has 0 unspecified atom stereocenters. The molecule has 1 saturated carbocycles. The van der Waals surface area contributed by atoms with Crippen LogP contribution in [-0.4, -0.2) is 16.1 Å². The first-order valence-corrected chi connectivity index (χ1v) is 6.50. The van der Waals surface area contributed by atoms with Crippen molar-refractivity contribution in [3.63, 3.8) is 0 Å². The van der Waals surface area contributed by atoms with Gasteiger partial charge in [-0.25, -0.2) is 4.98 Å². The van der Waals surface area contributed by atoms with Crippen molar-refractivity contribution in [1.29, 1.82) is 0 Å². The quantitative estimate of drug-likeness (QED) is 0.800. The van der Waals surface area contributed by atoms with E-state index < -0.39 is 0 Å². The molecule has 1 N–H and O–H groups in total. The van der Waals surface area contributed by atoms with Crippen LogP contribution in [0.2, 0.25) is 0 Å². The van der Waals surface area contributed by atoms with Crippen molar-refractivity contribution in [2.45, 2.75) is 52.6 Å². The smallest absolute Gasteiger partial charge is 0.122 e. The number of nitrogens with zero attached hydrogens (tertiary/aromatic N) is 2. The van der Waals surface area contributed by atoms with Gasteiger partial charge in [0, 0.05) is 25.5 Å². The highest BCUT2D eigenvalue weighted by atomic mass is 15.1. The number of rotatable bonds is 6. The van der Waals surface area contributed by atoms with E-state index in [2.05, 4.69) is 34.9 Å². The number of hydrogen-bond acceptors (Lipinski definition) is 2. The Bertz CT molecular complexity index is 320. The first-order valence-electron chi connectivity index (χ1n) is 6.50. The second kappa shape index (κ2) is 5.00. The maximum absolute atomic E-state index is 4.38. The fourth-order valence-corrected chi connectivity index (χ4v) is 2.57. The molecule has 2 rings (SSSR count). The van der Waals surface area contributed by atoms with Gasteiger partial charge < -0.3 is 9.88 Å². The molecular formula is C13H23N3. The topological polar surface area (TPSA) is 29.9 Å². The molecule has 0 saturated heterocycles. The zero-order valence-corrected chi connectivity index (χ0v) is 10.5. The molecule has 1 aliphatic carbocycles. The van der Waals surface area contributed by atoms with Crippen LogP contribution in [0.3, 0.4) is 0 Å². The third-order valence-electron chi connectivity index (χ3n) is 4.09. The maximum Gasteiger partial charge on any atom is 0.122 e. The van der Waals surface area contributed by atoms with Crippen molar-refractivity contribution in [2.75, 3.05) is 6.54 Å². The van der Waals surface area contributed by atoms with Crippen LogP contribution >= 0.6 is 0 Å². The Hall–Kier alpha value is -0.830. The van der Waals surface area contributed by atoms with Crippen molar-refractivity contribution in [3.05, 3.63) is 18.2 Å². The van der Waals surface area contributed by atoms with Gasteiger partial charge in [-0.3, -0.25) is 0 Å². The van der Waals surface area contributed by atoms with Crippen LogP contribution in [0.25, 0.3) is 0 Å². The lowest BCUT2D eigenvalue weighted by molar-refractivity contribution is 0.123. The summed E-state index contributed by atoms with van der Waals surface area (Å²) in [6.45, 7) is 7.54. The standard InChI is InChI=1S/C13H23N3/c1-3-13(6-5-7-13)11-14-10-12-15-8-9-16(12)4-2/h8-9,14H,3-7,10-11H2,1-2H3. The van der Waals surface area contributed by atoms with Crippen molar-refractivity contribution in [3.8, 4) is 0 Å². The molecule has 0 amide bonds. The number of imidazole rings is 1. The van der Waals surface area contributed by atoms with Crippen LogP contribution in [-0.2, 0) is 13.1 Å². The Kier molecular flexibility index (Phi) is 3.64. The Balaban J connectivity index is 1.79. The van der Waals surface area contributed by atoms with Gasteiger partial charge in [0.2, 0.25) is 0 Å². The highest BCUT2D eigenvalue weighted by Gasteiger charge is 2.34. The normalized spacial score (nSPS) is 18.4. The summed E-state index contributed by atoms with van der Waals surface area (Å²) in [5.74, 6) is 1.16. The summed E-state index contributed by atoms with van der Waals surface area (Å²) in [4.78, 5) is 4.38. The molecular weight excluding hydrogens is 198 g/mol. The summed E-state index contributed by atoms with van der Waals surface area (Å²) >= 11 is 0. The van der Waals surface area contributed by atoms with E-state index in [1.54, 1.807) is 0 Å². The van der Waals surface area contributed by atoms with E-state index in [1.807, 2.05) is 6.20 Å². The molecule has 1 heterocycles. The molecule has 0 spiro atoms. The highest BCUT2D eigenvalue weighted by Crippen LogP contribution is 2.43. The summed E-state index contributed by atoms with van der Waals surface area (Å²) < 4.78 is 2.20. The lowest BCUT2D eigenvalue weighted by Gasteiger charge is -2.41. The van der Waals surface area contributed by atoms with Gasteiger partial charge in [-0.1, -0.05) is 13.3 Å². The number of hydrogen-bond donors (Lipinski definition) is 1. The van der Waals surface area contributed by atoms with E-state index in [-0.39, 0.29) is 0 Å². The van der Waals surface area contributed by atoms with Crippen molar-refractivity contribution in [2.24, 2.45) is 5.41 Å². The third-order valence-corrected chi connectivity index (χ3v) is 4.09. The second-order valence-corrected chi connectivity index (χ2v) is 4.94. The predicted octanol–water partition coefficient (Wildman–Crippen LogP) is 2.57. The Morgan fingerprint density at radius 1 is 1.44 bits per heavy atom. The monoisotopic (exact) mass is 221 g/mol. The lowest BCUT2D eigenvalue weighted by Crippen LogP contribution is -2.39. The zero-order chi connectivity index (χ0) is 11.4. The van der Waals surface area contributed by atoms with E-state index in [9.17, 15) is 0 Å². The molecule has 90 valence electrons. The molecule has 1 aromatic rings. The van der Waals surface area contributed by atoms with E-state index in [1.165, 1.54) is 25.7 Å². The van der Waals surface area contributed by atoms with Crippen molar-refractivity contribution < 1.29 is 0 Å². The van der Waals surface area contributed by atoms with Gasteiger partial charge in [0.15, 0.2) is 0 Å². The molecule has 3 nitrogen and oxygen atoms in total. The molecule has 3 heteroatoms. The lowest BCUT2D eigenvalue weighted by atomic mass is 9.67. The molecule has 1 fully saturated rings. The van der Waals surface area contributed by atoms with Gasteiger partial charge in [-0.15, -0.1) is 0 Å². The fraction of sp³-hybridized carbons (Fsp3) is 0.769. The van der Waals surface area contributed by atoms with Gasteiger partial charge in [0.25, 0.3) is 0 Å². The third kappa shape index (κ3) is 2.29. The second-order valence-electron chi connectivity index (χ2n) is 4.94. The van der Waals surface area contributed by atoms with Crippen molar-refractivity contribution in [1.82, 2.24) is 14.9 Å². The van der Waals surface area contributed by atoms with Crippen molar-refractivity contribution >= 4 is 0 Å². The van der Waals surface area contributed by atoms with Crippen LogP contribution in [0.15, 0.2) is 12.4 Å². The Morgan fingerprint density at radius 2 is 2.25 bits per heavy atom. The van der Waals surface area contributed by atoms with Gasteiger partial charge >= 0.3 is 0 Å². The first-order chi connectivity index (χ1) is 7.79. The van der Waals surface area contributed by atoms with E-state index >= 15 is 0 Å². The van der Waals surface area contributed by atoms with Gasteiger partial charge in [-0.2, -0.15) is 0 Å². The fourth-order valence-electron chi connectivity index (χ4n) is 2.57. The summed E-state index contributed by atoms with van der Waals surface area (Å²) in [7, 11) is 0. The van der Waals surface area contributed by atoms with Gasteiger partial charge in [0.05, 0.1) is 6.54 Å². The largest absolute Gasteiger partial charge is 0.334 e. The molecule has 1 aliphatic rings. The minimum atomic E-state index is 0.601. The number of aryl methyl sites for hydroxylation is 1. The first kappa shape index (κ1) is 11.6. The summed E-state index contributed by atoms with van der Waals surface area (Å²) in [6.07, 6.45) is 9.47. The van der Waals surface area contributed by atoms with E-state index in [0.29, 0.717) is 5.41 Å². The summed E-state index contributed by atoms with van der Waals surface area (Å²) in [6, 6.07) is 0. The van der Waals surface area contributed by atoms with Crippen LogP contribution in [0.1, 0.15) is 45.4 Å². The molecule has 0 bridgehead atoms. The molecule has 0 radical (unpaired) electrons. The predicted molar refractivity (Wildman–Crippen MR) is 66.2 cm³/mol. The Labute approximate surface area is 98.3 Å². The molecule has 0 atom stereocenters. The summed E-state index contributed by atoms with van der Waals surface area (Å²) in [5, 5.41) is 3.57. The van der Waals surface area contributed by atoms with Crippen LogP contribution < -0.4 is 5.32 Å². The average Bonchev–Trinajstić information content (AvgIpc) is 2.69. The maximum atomic E-state index is 4.38. The number of nitrogens with one attached hydrogen (secondary N) is 1. The van der Waals surface area contributed by atoms with E-state index in [0.717, 1.165) is 25.5 Å². The SMILES string of the molecule is CCn1ccnc1CNCC1(CC)CCC1. The zero-order valence-electron chi connectivity index (χ0n) is 10.5. The Morgan fingerprint density at radius 3 is 2.81 bits per heavy atom. The van der Waals surface area contributed by atoms with Crippen LogP contribution in [0.5, 0.6) is 0 Å². The molecule has 0 aliphatic heterocycles. The number of aromatic nitrogens is 2. The van der Waals surface area contributed by atoms with Crippen LogP contribution in [0, 0.1) is 5.41 Å². The molecule has 0 aromatic carbocycles. The van der Waals surface area contributed by atoms with Gasteiger partial charge in [-0.05, 0) is 31.6 Å². The van der Waals surface area contributed by atoms with E-state index in [4.69, 9.17) is 0 Å². The summed E-state index contributed by atoms with van der Waals surface area (Å²) in [5.41, 5.74) is 0.601. The highest BCUT2D eigenvalue weighted by molar-refractivity contribution is 4.93. The minimum absolute atomic E-state index is 0.601. The molecule has 16 heavy (non-hydrogen) atoms.